The molecule has 7 heteroatoms. The zero-order valence-corrected chi connectivity index (χ0v) is 15.3. The third-order valence-corrected chi connectivity index (χ3v) is 9.85. The fourth-order valence-corrected chi connectivity index (χ4v) is 4.03. The first-order valence-electron chi connectivity index (χ1n) is 6.48. The molecule has 0 amide bonds. The number of fused-ring (bicyclic) bond motifs is 1. The average molecular weight is 410 g/mol. The monoisotopic (exact) mass is 410 g/mol. The van der Waals surface area contributed by atoms with Crippen molar-refractivity contribution in [2.75, 3.05) is 0 Å². The number of ether oxygens (including phenoxy) is 1. The molecule has 0 bridgehead atoms. The molecule has 0 spiro atoms. The predicted molar refractivity (Wildman–Crippen MR) is 84.4 cm³/mol. The highest BCUT2D eigenvalue weighted by atomic mass is 127. The van der Waals surface area contributed by atoms with Crippen LogP contribution in [0.3, 0.4) is 0 Å². The Morgan fingerprint density at radius 3 is 2.40 bits per heavy atom. The molecule has 1 aliphatic heterocycles. The van der Waals surface area contributed by atoms with Crippen molar-refractivity contribution in [2.24, 2.45) is 0 Å². The van der Waals surface area contributed by atoms with Crippen molar-refractivity contribution < 1.29 is 23.9 Å². The Labute approximate surface area is 133 Å². The van der Waals surface area contributed by atoms with Crippen LogP contribution in [0.4, 0.5) is 0 Å². The van der Waals surface area contributed by atoms with Crippen LogP contribution in [0, 0.1) is 0 Å². The van der Waals surface area contributed by atoms with Crippen LogP contribution in [0.15, 0.2) is 9.15 Å². The Kier molecular flexibility index (Phi) is 3.94. The fraction of sp³-hybridized carbons (Fsp3) is 0.692. The molecule has 0 aromatic rings. The number of ketones is 1. The van der Waals surface area contributed by atoms with Crippen LogP contribution in [0.25, 0.3) is 0 Å². The van der Waals surface area contributed by atoms with E-state index in [-0.39, 0.29) is 20.0 Å². The minimum Gasteiger partial charge on any atom is -0.478 e. The molecule has 0 aromatic heterocycles. The molecule has 1 fully saturated rings. The van der Waals surface area contributed by atoms with Gasteiger partial charge in [-0.05, 0) is 40.7 Å². The second-order valence-electron chi connectivity index (χ2n) is 6.72. The second-order valence-corrected chi connectivity index (χ2v) is 12.6. The van der Waals surface area contributed by atoms with Crippen LogP contribution in [-0.2, 0) is 18.8 Å². The van der Waals surface area contributed by atoms with E-state index in [0.717, 1.165) is 0 Å². The Morgan fingerprint density at radius 1 is 1.40 bits per heavy atom. The van der Waals surface area contributed by atoms with Gasteiger partial charge in [0, 0.05) is 0 Å². The van der Waals surface area contributed by atoms with Crippen LogP contribution in [0.5, 0.6) is 0 Å². The van der Waals surface area contributed by atoms with Gasteiger partial charge in [-0.3, -0.25) is 4.79 Å². The van der Waals surface area contributed by atoms with Gasteiger partial charge in [-0.2, -0.15) is 0 Å². The Hall–Kier alpha value is -0.253. The molecule has 2 aliphatic rings. The van der Waals surface area contributed by atoms with Gasteiger partial charge in [-0.1, -0.05) is 20.8 Å². The van der Waals surface area contributed by atoms with E-state index in [1.54, 1.807) is 22.6 Å². The Balaban J connectivity index is 2.36. The number of carboxylic acids is 1. The van der Waals surface area contributed by atoms with E-state index >= 15 is 0 Å². The minimum absolute atomic E-state index is 0.0338. The van der Waals surface area contributed by atoms with E-state index in [2.05, 4.69) is 33.9 Å². The predicted octanol–water partition coefficient (Wildman–Crippen LogP) is 2.50. The maximum atomic E-state index is 11.9. The van der Waals surface area contributed by atoms with Gasteiger partial charge in [0.2, 0.25) is 5.78 Å². The number of hydrogen-bond donors (Lipinski definition) is 1. The number of carboxylic acid groups (broad SMARTS) is 1. The van der Waals surface area contributed by atoms with Crippen molar-refractivity contribution in [3.05, 3.63) is 9.15 Å². The first-order valence-corrected chi connectivity index (χ1v) is 10.5. The highest BCUT2D eigenvalue weighted by molar-refractivity contribution is 14.1. The van der Waals surface area contributed by atoms with E-state index in [0.29, 0.717) is 0 Å². The number of Topliss-reactive ketones (excluding diaryl/α,β-unsaturated/α-hetero) is 1. The second kappa shape index (κ2) is 4.89. The molecule has 3 atom stereocenters. The SMILES string of the molecule is CC(C)(C)[Si](C)(C)O[C@H]1C(C(=O)O)=C(I)C(=O)[C@@H]2O[C@@H]21. The third kappa shape index (κ3) is 2.60. The van der Waals surface area contributed by atoms with E-state index in [1.807, 2.05) is 0 Å². The lowest BCUT2D eigenvalue weighted by Gasteiger charge is -2.39. The summed E-state index contributed by atoms with van der Waals surface area (Å²) in [7, 11) is -2.14. The number of hydrogen-bond acceptors (Lipinski definition) is 4. The topological polar surface area (TPSA) is 76.1 Å². The van der Waals surface area contributed by atoms with Crippen molar-refractivity contribution >= 4 is 42.7 Å². The molecule has 1 N–H and O–H groups in total. The standard InChI is InChI=1S/C13H19IO5Si/c1-13(2,3)20(4,5)19-9-6(12(16)17)7(14)8(15)10-11(9)18-10/h9-11H,1-5H3,(H,16,17)/t9-,10-,11+/m0/s1. The van der Waals surface area contributed by atoms with Crippen LogP contribution in [0.1, 0.15) is 20.8 Å². The zero-order valence-electron chi connectivity index (χ0n) is 12.2. The number of epoxide rings is 1. The summed E-state index contributed by atoms with van der Waals surface area (Å²) in [4.78, 5) is 23.4. The quantitative estimate of drug-likeness (QED) is 0.440. The van der Waals surface area contributed by atoms with Gasteiger partial charge >= 0.3 is 5.97 Å². The summed E-state index contributed by atoms with van der Waals surface area (Å²) in [6, 6.07) is 0. The first-order chi connectivity index (χ1) is 8.97. The third-order valence-electron chi connectivity index (χ3n) is 4.28. The highest BCUT2D eigenvalue weighted by Crippen LogP contribution is 2.45. The summed E-state index contributed by atoms with van der Waals surface area (Å²) in [6.07, 6.45) is -1.58. The molecule has 0 saturated carbocycles. The summed E-state index contributed by atoms with van der Waals surface area (Å²) in [5, 5.41) is 9.36. The lowest BCUT2D eigenvalue weighted by Crippen LogP contribution is -2.48. The summed E-state index contributed by atoms with van der Waals surface area (Å²) >= 11 is 1.79. The number of carbonyl (C=O) groups excluding carboxylic acids is 1. The van der Waals surface area contributed by atoms with E-state index in [9.17, 15) is 14.7 Å². The molecular weight excluding hydrogens is 391 g/mol. The van der Waals surface area contributed by atoms with E-state index in [1.165, 1.54) is 0 Å². The van der Waals surface area contributed by atoms with Crippen LogP contribution >= 0.6 is 22.6 Å². The Morgan fingerprint density at radius 2 is 1.95 bits per heavy atom. The number of halogens is 1. The fourth-order valence-electron chi connectivity index (χ4n) is 1.95. The van der Waals surface area contributed by atoms with Gasteiger partial charge < -0.3 is 14.3 Å². The average Bonchev–Trinajstić information content (AvgIpc) is 3.03. The molecule has 1 saturated heterocycles. The highest BCUT2D eigenvalue weighted by Gasteiger charge is 2.59. The van der Waals surface area contributed by atoms with E-state index < -0.39 is 32.6 Å². The van der Waals surface area contributed by atoms with Gasteiger partial charge in [-0.15, -0.1) is 0 Å². The van der Waals surface area contributed by atoms with Gasteiger partial charge in [0.15, 0.2) is 14.4 Å². The van der Waals surface area contributed by atoms with Crippen molar-refractivity contribution in [1.82, 2.24) is 0 Å². The molecule has 0 unspecified atom stereocenters. The summed E-state index contributed by atoms with van der Waals surface area (Å²) in [5.41, 5.74) is 0.0548. The molecule has 5 nitrogen and oxygen atoms in total. The normalized spacial score (nSPS) is 30.3. The molecule has 1 aliphatic carbocycles. The largest absolute Gasteiger partial charge is 0.478 e. The summed E-state index contributed by atoms with van der Waals surface area (Å²) < 4.78 is 11.8. The number of carbonyl (C=O) groups is 2. The summed E-state index contributed by atoms with van der Waals surface area (Å²) in [5.74, 6) is -1.33. The molecule has 0 radical (unpaired) electrons. The van der Waals surface area contributed by atoms with Crippen molar-refractivity contribution in [3.63, 3.8) is 0 Å². The smallest absolute Gasteiger partial charge is 0.335 e. The minimum atomic E-state index is -2.14. The Bertz CT molecular complexity index is 505. The van der Waals surface area contributed by atoms with Gasteiger partial charge in [0.1, 0.15) is 12.2 Å². The molecule has 0 aromatic carbocycles. The van der Waals surface area contributed by atoms with Crippen LogP contribution in [0.2, 0.25) is 18.1 Å². The van der Waals surface area contributed by atoms with Gasteiger partial charge in [-0.25, -0.2) is 4.79 Å². The molecule has 20 heavy (non-hydrogen) atoms. The maximum Gasteiger partial charge on any atom is 0.335 e. The number of aliphatic carboxylic acids is 1. The molecule has 2 rings (SSSR count). The van der Waals surface area contributed by atoms with Gasteiger partial charge in [0.05, 0.1) is 9.15 Å². The molecule has 112 valence electrons. The van der Waals surface area contributed by atoms with Crippen molar-refractivity contribution in [2.45, 2.75) is 57.2 Å². The van der Waals surface area contributed by atoms with Crippen LogP contribution in [-0.4, -0.2) is 43.5 Å². The van der Waals surface area contributed by atoms with Gasteiger partial charge in [0.25, 0.3) is 0 Å². The van der Waals surface area contributed by atoms with Crippen molar-refractivity contribution in [1.29, 1.82) is 0 Å². The zero-order chi connectivity index (χ0) is 15.5. The lowest BCUT2D eigenvalue weighted by atomic mass is 9.96. The van der Waals surface area contributed by atoms with Crippen molar-refractivity contribution in [3.8, 4) is 0 Å². The summed E-state index contributed by atoms with van der Waals surface area (Å²) in [6.45, 7) is 10.4. The van der Waals surface area contributed by atoms with E-state index in [4.69, 9.17) is 9.16 Å². The molecule has 1 heterocycles. The first kappa shape index (κ1) is 16.1. The molecular formula is C13H19IO5Si. The lowest BCUT2D eigenvalue weighted by molar-refractivity contribution is -0.134. The van der Waals surface area contributed by atoms with Crippen LogP contribution < -0.4 is 0 Å². The maximum absolute atomic E-state index is 11.9. The number of rotatable bonds is 3.